The summed E-state index contributed by atoms with van der Waals surface area (Å²) in [6, 6.07) is 0. The average molecular weight is 292 g/mol. The zero-order valence-corrected chi connectivity index (χ0v) is 13.5. The minimum atomic E-state index is -2.59. The molecule has 1 rings (SSSR count). The van der Waals surface area contributed by atoms with Crippen LogP contribution in [0.5, 0.6) is 0 Å². The van der Waals surface area contributed by atoms with E-state index in [0.29, 0.717) is 12.2 Å². The molecule has 1 heterocycles. The quantitative estimate of drug-likeness (QED) is 0.525. The molecule has 112 valence electrons. The predicted octanol–water partition coefficient (Wildman–Crippen LogP) is 1.67. The Kier molecular flexibility index (Phi) is 8.86. The second kappa shape index (κ2) is 9.22. The number of ether oxygens (including phenoxy) is 2. The van der Waals surface area contributed by atoms with Crippen molar-refractivity contribution in [1.82, 2.24) is 0 Å². The van der Waals surface area contributed by atoms with E-state index in [2.05, 4.69) is 4.74 Å². The van der Waals surface area contributed by atoms with Crippen molar-refractivity contribution in [3.05, 3.63) is 11.8 Å². The number of carbonyl (C=O) groups excluding carboxylic acids is 1. The molecule has 19 heavy (non-hydrogen) atoms. The van der Waals surface area contributed by atoms with Crippen LogP contribution in [0.15, 0.2) is 11.8 Å². The molecule has 0 saturated heterocycles. The van der Waals surface area contributed by atoms with E-state index < -0.39 is 8.80 Å². The summed E-state index contributed by atoms with van der Waals surface area (Å²) in [5, 5.41) is 0. The van der Waals surface area contributed by atoms with Crippen LogP contribution in [0.4, 0.5) is 0 Å². The van der Waals surface area contributed by atoms with Crippen molar-refractivity contribution in [2.45, 2.75) is 32.9 Å². The lowest BCUT2D eigenvalue weighted by Crippen LogP contribution is -2.55. The maximum atomic E-state index is 9.94. The molecular formula is C12H24O6Si. The number of esters is 1. The van der Waals surface area contributed by atoms with Gasteiger partial charge in [-0.1, -0.05) is 6.92 Å². The molecule has 0 saturated carbocycles. The van der Waals surface area contributed by atoms with E-state index in [1.807, 2.05) is 13.8 Å². The van der Waals surface area contributed by atoms with Crippen LogP contribution in [-0.4, -0.2) is 48.4 Å². The summed E-state index contributed by atoms with van der Waals surface area (Å²) in [5.74, 6) is -0.199. The molecule has 0 aromatic heterocycles. The van der Waals surface area contributed by atoms with Gasteiger partial charge in [0.1, 0.15) is 12.0 Å². The van der Waals surface area contributed by atoms with Crippen LogP contribution in [0.25, 0.3) is 0 Å². The first-order valence-electron chi connectivity index (χ1n) is 6.16. The molecule has 0 radical (unpaired) electrons. The molecule has 1 atom stereocenters. The molecule has 0 spiro atoms. The van der Waals surface area contributed by atoms with Gasteiger partial charge in [-0.2, -0.15) is 0 Å². The number of carbonyl (C=O) groups is 1. The van der Waals surface area contributed by atoms with Crippen molar-refractivity contribution < 1.29 is 27.5 Å². The monoisotopic (exact) mass is 292 g/mol. The third kappa shape index (κ3) is 5.04. The van der Waals surface area contributed by atoms with Crippen molar-refractivity contribution >= 4 is 14.8 Å². The van der Waals surface area contributed by atoms with Gasteiger partial charge in [0.05, 0.1) is 5.57 Å². The van der Waals surface area contributed by atoms with Crippen LogP contribution >= 0.6 is 0 Å². The molecule has 1 aliphatic rings. The van der Waals surface area contributed by atoms with Crippen molar-refractivity contribution in [3.8, 4) is 0 Å². The smallest absolute Gasteiger partial charge is 0.430 e. The highest BCUT2D eigenvalue weighted by molar-refractivity contribution is 6.62. The highest BCUT2D eigenvalue weighted by Crippen LogP contribution is 2.17. The molecule has 0 fully saturated rings. The van der Waals surface area contributed by atoms with E-state index >= 15 is 0 Å². The zero-order chi connectivity index (χ0) is 14.9. The van der Waals surface area contributed by atoms with E-state index in [1.165, 1.54) is 6.26 Å². The Bertz CT molecular complexity index is 292. The van der Waals surface area contributed by atoms with E-state index in [9.17, 15) is 4.79 Å². The maximum absolute atomic E-state index is 9.94. The highest BCUT2D eigenvalue weighted by Gasteiger charge is 2.47. The number of rotatable bonds is 7. The summed E-state index contributed by atoms with van der Waals surface area (Å²) in [5.41, 5.74) is 0.632. The van der Waals surface area contributed by atoms with Crippen molar-refractivity contribution in [2.75, 3.05) is 27.9 Å². The molecular weight excluding hydrogens is 268 g/mol. The Morgan fingerprint density at radius 3 is 1.84 bits per heavy atom. The Balaban J connectivity index is 0.000000443. The summed E-state index contributed by atoms with van der Waals surface area (Å²) >= 11 is 0. The van der Waals surface area contributed by atoms with Crippen LogP contribution in [0.2, 0.25) is 0 Å². The number of cyclic esters (lactones) is 1. The zero-order valence-electron chi connectivity index (χ0n) is 12.5. The first-order chi connectivity index (χ1) is 9.01. The van der Waals surface area contributed by atoms with Gasteiger partial charge in [-0.05, 0) is 20.3 Å². The van der Waals surface area contributed by atoms with Crippen molar-refractivity contribution in [1.29, 1.82) is 0 Å². The second-order valence-electron chi connectivity index (χ2n) is 3.77. The fourth-order valence-corrected chi connectivity index (χ4v) is 3.70. The SMILES string of the molecule is CC1=COC1=O.CCOC(CC)[Si](OC)(OC)OC. The van der Waals surface area contributed by atoms with E-state index in [-0.39, 0.29) is 11.7 Å². The summed E-state index contributed by atoms with van der Waals surface area (Å²) in [7, 11) is 2.20. The molecule has 0 aromatic rings. The van der Waals surface area contributed by atoms with Crippen LogP contribution in [-0.2, 0) is 27.5 Å². The van der Waals surface area contributed by atoms with Gasteiger partial charge in [0.2, 0.25) is 0 Å². The van der Waals surface area contributed by atoms with Gasteiger partial charge in [0.15, 0.2) is 0 Å². The minimum Gasteiger partial charge on any atom is -0.430 e. The molecule has 6 nitrogen and oxygen atoms in total. The summed E-state index contributed by atoms with van der Waals surface area (Å²) in [6.07, 6.45) is 2.26. The lowest BCUT2D eigenvalue weighted by molar-refractivity contribution is -0.138. The second-order valence-corrected chi connectivity index (χ2v) is 6.85. The van der Waals surface area contributed by atoms with E-state index in [4.69, 9.17) is 18.0 Å². The minimum absolute atomic E-state index is 0.0718. The largest absolute Gasteiger partial charge is 0.530 e. The Morgan fingerprint density at radius 2 is 1.68 bits per heavy atom. The van der Waals surface area contributed by atoms with E-state index in [1.54, 1.807) is 28.3 Å². The van der Waals surface area contributed by atoms with Gasteiger partial charge >= 0.3 is 14.8 Å². The van der Waals surface area contributed by atoms with Gasteiger partial charge < -0.3 is 22.8 Å². The summed E-state index contributed by atoms with van der Waals surface area (Å²) < 4.78 is 25.7. The summed E-state index contributed by atoms with van der Waals surface area (Å²) in [4.78, 5) is 9.94. The van der Waals surface area contributed by atoms with Gasteiger partial charge in [0.25, 0.3) is 0 Å². The third-order valence-electron chi connectivity index (χ3n) is 2.65. The molecule has 7 heteroatoms. The Hall–Kier alpha value is -0.733. The van der Waals surface area contributed by atoms with Gasteiger partial charge in [-0.15, -0.1) is 0 Å². The maximum Gasteiger partial charge on any atom is 0.530 e. The molecule has 0 aromatic carbocycles. The lowest BCUT2D eigenvalue weighted by Gasteiger charge is -2.31. The fourth-order valence-electron chi connectivity index (χ4n) is 1.54. The Labute approximate surface area is 116 Å². The molecule has 0 aliphatic carbocycles. The van der Waals surface area contributed by atoms with Gasteiger partial charge in [-0.3, -0.25) is 0 Å². The van der Waals surface area contributed by atoms with Crippen molar-refractivity contribution in [2.24, 2.45) is 0 Å². The van der Waals surface area contributed by atoms with Crippen LogP contribution in [0.3, 0.4) is 0 Å². The first-order valence-corrected chi connectivity index (χ1v) is 7.96. The van der Waals surface area contributed by atoms with Gasteiger partial charge in [0, 0.05) is 27.9 Å². The highest BCUT2D eigenvalue weighted by atomic mass is 28.4. The van der Waals surface area contributed by atoms with Crippen molar-refractivity contribution in [3.63, 3.8) is 0 Å². The molecule has 0 N–H and O–H groups in total. The molecule has 0 amide bonds. The number of hydrogen-bond acceptors (Lipinski definition) is 6. The van der Waals surface area contributed by atoms with E-state index in [0.717, 1.165) is 6.42 Å². The predicted molar refractivity (Wildman–Crippen MR) is 72.3 cm³/mol. The Morgan fingerprint density at radius 1 is 1.21 bits per heavy atom. The molecule has 1 aliphatic heterocycles. The topological polar surface area (TPSA) is 63.2 Å². The van der Waals surface area contributed by atoms with Crippen LogP contribution < -0.4 is 0 Å². The lowest BCUT2D eigenvalue weighted by atomic mass is 10.3. The first kappa shape index (κ1) is 18.3. The normalized spacial score (nSPS) is 15.7. The summed E-state index contributed by atoms with van der Waals surface area (Å²) in [6.45, 7) is 6.33. The third-order valence-corrected chi connectivity index (χ3v) is 5.72. The average Bonchev–Trinajstić information content (AvgIpc) is 2.47. The van der Waals surface area contributed by atoms with Crippen LogP contribution in [0, 0.1) is 0 Å². The number of hydrogen-bond donors (Lipinski definition) is 0. The van der Waals surface area contributed by atoms with Gasteiger partial charge in [-0.25, -0.2) is 4.79 Å². The van der Waals surface area contributed by atoms with Crippen LogP contribution in [0.1, 0.15) is 27.2 Å². The molecule has 0 bridgehead atoms. The fraction of sp³-hybridized carbons (Fsp3) is 0.750. The molecule has 1 unspecified atom stereocenters. The standard InChI is InChI=1S/C8H20O4Si.C4H4O2/c1-6-8(12-7-2)13(9-3,10-4)11-5;1-3-2-6-4(3)5/h8H,6-7H2,1-5H3;2H,1H3.